The molecule has 0 aromatic heterocycles. The van der Waals surface area contributed by atoms with E-state index in [1.165, 1.54) is 13.2 Å². The summed E-state index contributed by atoms with van der Waals surface area (Å²) in [6.45, 7) is 0.136. The smallest absolute Gasteiger partial charge is 0.129 e. The molecule has 0 aliphatic heterocycles. The standard InChI is InChI=1S/C10H12F2O2/c1-14-6-9(13)4-7-2-3-8(11)5-10(7)12/h2-3,5,9,13H,4,6H2,1H3. The van der Waals surface area contributed by atoms with Crippen LogP contribution in [0.3, 0.4) is 0 Å². The summed E-state index contributed by atoms with van der Waals surface area (Å²) in [7, 11) is 1.45. The Bertz CT molecular complexity index is 302. The van der Waals surface area contributed by atoms with Crippen molar-refractivity contribution in [1.82, 2.24) is 0 Å². The van der Waals surface area contributed by atoms with Gasteiger partial charge in [-0.05, 0) is 11.6 Å². The molecule has 0 bridgehead atoms. The fourth-order valence-electron chi connectivity index (χ4n) is 1.19. The highest BCUT2D eigenvalue weighted by molar-refractivity contribution is 5.19. The van der Waals surface area contributed by atoms with Crippen molar-refractivity contribution in [3.63, 3.8) is 0 Å². The van der Waals surface area contributed by atoms with Gasteiger partial charge < -0.3 is 9.84 Å². The fraction of sp³-hybridized carbons (Fsp3) is 0.400. The van der Waals surface area contributed by atoms with E-state index in [1.54, 1.807) is 0 Å². The summed E-state index contributed by atoms with van der Waals surface area (Å²) in [5.41, 5.74) is 0.288. The third kappa shape index (κ3) is 3.05. The molecule has 1 rings (SSSR count). The molecule has 0 amide bonds. The van der Waals surface area contributed by atoms with Crippen LogP contribution >= 0.6 is 0 Å². The van der Waals surface area contributed by atoms with E-state index in [4.69, 9.17) is 4.74 Å². The number of aliphatic hydroxyl groups is 1. The van der Waals surface area contributed by atoms with Crippen LogP contribution in [-0.2, 0) is 11.2 Å². The Morgan fingerprint density at radius 2 is 2.14 bits per heavy atom. The van der Waals surface area contributed by atoms with Gasteiger partial charge in [0.15, 0.2) is 0 Å². The largest absolute Gasteiger partial charge is 0.390 e. The van der Waals surface area contributed by atoms with E-state index in [2.05, 4.69) is 0 Å². The van der Waals surface area contributed by atoms with E-state index in [9.17, 15) is 13.9 Å². The minimum atomic E-state index is -0.764. The third-order valence-electron chi connectivity index (χ3n) is 1.83. The Morgan fingerprint density at radius 1 is 1.43 bits per heavy atom. The zero-order chi connectivity index (χ0) is 10.6. The second-order valence-electron chi connectivity index (χ2n) is 3.05. The van der Waals surface area contributed by atoms with Gasteiger partial charge in [-0.3, -0.25) is 0 Å². The van der Waals surface area contributed by atoms with Gasteiger partial charge in [0.1, 0.15) is 11.6 Å². The summed E-state index contributed by atoms with van der Waals surface area (Å²) < 4.78 is 30.3. The first kappa shape index (κ1) is 11.1. The van der Waals surface area contributed by atoms with Gasteiger partial charge in [0.25, 0.3) is 0 Å². The Kier molecular flexibility index (Phi) is 3.98. The van der Waals surface area contributed by atoms with Gasteiger partial charge in [-0.2, -0.15) is 0 Å². The molecule has 0 saturated heterocycles. The molecule has 0 aliphatic rings. The van der Waals surface area contributed by atoms with Crippen molar-refractivity contribution in [3.05, 3.63) is 35.4 Å². The van der Waals surface area contributed by atoms with Crippen molar-refractivity contribution in [2.24, 2.45) is 0 Å². The highest BCUT2D eigenvalue weighted by Gasteiger charge is 2.09. The average molecular weight is 202 g/mol. The van der Waals surface area contributed by atoms with Gasteiger partial charge in [0.2, 0.25) is 0 Å². The molecule has 0 saturated carbocycles. The first-order valence-electron chi connectivity index (χ1n) is 4.24. The van der Waals surface area contributed by atoms with E-state index >= 15 is 0 Å². The lowest BCUT2D eigenvalue weighted by Gasteiger charge is -2.09. The van der Waals surface area contributed by atoms with Crippen molar-refractivity contribution < 1.29 is 18.6 Å². The second kappa shape index (κ2) is 5.02. The van der Waals surface area contributed by atoms with Gasteiger partial charge in [0, 0.05) is 19.6 Å². The Hall–Kier alpha value is -1.00. The first-order valence-corrected chi connectivity index (χ1v) is 4.24. The van der Waals surface area contributed by atoms with Crippen LogP contribution in [0.25, 0.3) is 0 Å². The number of hydrogen-bond acceptors (Lipinski definition) is 2. The SMILES string of the molecule is COCC(O)Cc1ccc(F)cc1F. The van der Waals surface area contributed by atoms with Gasteiger partial charge >= 0.3 is 0 Å². The van der Waals surface area contributed by atoms with E-state index in [1.807, 2.05) is 0 Å². The van der Waals surface area contributed by atoms with E-state index < -0.39 is 17.7 Å². The van der Waals surface area contributed by atoms with E-state index in [0.717, 1.165) is 12.1 Å². The molecule has 4 heteroatoms. The van der Waals surface area contributed by atoms with Crippen molar-refractivity contribution in [3.8, 4) is 0 Å². The molecule has 78 valence electrons. The summed E-state index contributed by atoms with van der Waals surface area (Å²) >= 11 is 0. The Labute approximate surface area is 81.1 Å². The molecule has 1 aromatic carbocycles. The van der Waals surface area contributed by atoms with Crippen LogP contribution in [0.4, 0.5) is 8.78 Å². The summed E-state index contributed by atoms with van der Waals surface area (Å²) in [5, 5.41) is 9.31. The molecule has 0 aliphatic carbocycles. The number of hydrogen-bond donors (Lipinski definition) is 1. The number of ether oxygens (including phenoxy) is 1. The normalized spacial score (nSPS) is 12.9. The molecule has 1 aromatic rings. The number of benzene rings is 1. The van der Waals surface area contributed by atoms with Crippen molar-refractivity contribution in [1.29, 1.82) is 0 Å². The lowest BCUT2D eigenvalue weighted by molar-refractivity contribution is 0.0645. The third-order valence-corrected chi connectivity index (χ3v) is 1.83. The second-order valence-corrected chi connectivity index (χ2v) is 3.05. The highest BCUT2D eigenvalue weighted by atomic mass is 19.1. The first-order chi connectivity index (χ1) is 6.63. The number of methoxy groups -OCH3 is 1. The maximum absolute atomic E-state index is 13.1. The number of aliphatic hydroxyl groups excluding tert-OH is 1. The maximum Gasteiger partial charge on any atom is 0.129 e. The molecular formula is C10H12F2O2. The van der Waals surface area contributed by atoms with Gasteiger partial charge in [-0.15, -0.1) is 0 Å². The maximum atomic E-state index is 13.1. The molecule has 1 unspecified atom stereocenters. The monoisotopic (exact) mass is 202 g/mol. The molecule has 0 heterocycles. The van der Waals surface area contributed by atoms with E-state index in [0.29, 0.717) is 0 Å². The Morgan fingerprint density at radius 3 is 2.71 bits per heavy atom. The zero-order valence-corrected chi connectivity index (χ0v) is 7.84. The molecule has 14 heavy (non-hydrogen) atoms. The number of halogens is 2. The van der Waals surface area contributed by atoms with E-state index in [-0.39, 0.29) is 18.6 Å². The minimum Gasteiger partial charge on any atom is -0.390 e. The molecule has 0 radical (unpaired) electrons. The number of rotatable bonds is 4. The molecule has 0 spiro atoms. The van der Waals surface area contributed by atoms with Crippen LogP contribution in [0.2, 0.25) is 0 Å². The van der Waals surface area contributed by atoms with Crippen molar-refractivity contribution in [2.45, 2.75) is 12.5 Å². The molecule has 0 fully saturated rings. The average Bonchev–Trinajstić information content (AvgIpc) is 2.10. The van der Waals surface area contributed by atoms with Crippen LogP contribution in [0, 0.1) is 11.6 Å². The predicted molar refractivity (Wildman–Crippen MR) is 47.9 cm³/mol. The van der Waals surface area contributed by atoms with Gasteiger partial charge in [-0.25, -0.2) is 8.78 Å². The highest BCUT2D eigenvalue weighted by Crippen LogP contribution is 2.11. The molecule has 1 N–H and O–H groups in total. The van der Waals surface area contributed by atoms with Gasteiger partial charge in [0.05, 0.1) is 12.7 Å². The molecule has 2 nitrogen and oxygen atoms in total. The van der Waals surface area contributed by atoms with Gasteiger partial charge in [-0.1, -0.05) is 6.07 Å². The zero-order valence-electron chi connectivity index (χ0n) is 7.84. The minimum absolute atomic E-state index is 0.125. The Balaban J connectivity index is 2.67. The summed E-state index contributed by atoms with van der Waals surface area (Å²) in [5.74, 6) is -1.26. The van der Waals surface area contributed by atoms with Crippen molar-refractivity contribution >= 4 is 0 Å². The van der Waals surface area contributed by atoms with Crippen LogP contribution in [0.1, 0.15) is 5.56 Å². The van der Waals surface area contributed by atoms with Crippen LogP contribution < -0.4 is 0 Å². The quantitative estimate of drug-likeness (QED) is 0.802. The topological polar surface area (TPSA) is 29.5 Å². The van der Waals surface area contributed by atoms with Crippen LogP contribution in [0.15, 0.2) is 18.2 Å². The van der Waals surface area contributed by atoms with Crippen LogP contribution in [-0.4, -0.2) is 24.9 Å². The molecule has 1 atom stereocenters. The summed E-state index contributed by atoms with van der Waals surface area (Å²) in [4.78, 5) is 0. The summed E-state index contributed by atoms with van der Waals surface area (Å²) in [6.07, 6.45) is -0.639. The lowest BCUT2D eigenvalue weighted by atomic mass is 10.1. The summed E-state index contributed by atoms with van der Waals surface area (Å²) in [6, 6.07) is 3.29. The lowest BCUT2D eigenvalue weighted by Crippen LogP contribution is -2.17. The predicted octanol–water partition coefficient (Wildman–Crippen LogP) is 1.51. The fourth-order valence-corrected chi connectivity index (χ4v) is 1.19. The van der Waals surface area contributed by atoms with Crippen molar-refractivity contribution in [2.75, 3.05) is 13.7 Å². The van der Waals surface area contributed by atoms with Crippen LogP contribution in [0.5, 0.6) is 0 Å². The molecular weight excluding hydrogens is 190 g/mol.